The van der Waals surface area contributed by atoms with Gasteiger partial charge in [0, 0.05) is 31.9 Å². The number of hydrogen-bond donors (Lipinski definition) is 2. The molecule has 0 saturated carbocycles. The van der Waals surface area contributed by atoms with Crippen molar-refractivity contribution in [1.29, 1.82) is 0 Å². The molecule has 0 unspecified atom stereocenters. The summed E-state index contributed by atoms with van der Waals surface area (Å²) in [5.41, 5.74) is 1.98. The Morgan fingerprint density at radius 1 is 1.35 bits per heavy atom. The highest BCUT2D eigenvalue weighted by molar-refractivity contribution is 5.88. The minimum atomic E-state index is -0.212. The van der Waals surface area contributed by atoms with Gasteiger partial charge in [0.15, 0.2) is 0 Å². The molecule has 0 aliphatic carbocycles. The molecule has 1 aliphatic heterocycles. The van der Waals surface area contributed by atoms with Crippen LogP contribution in [-0.2, 0) is 4.74 Å². The van der Waals surface area contributed by atoms with Crippen molar-refractivity contribution in [3.05, 3.63) is 23.4 Å². The van der Waals surface area contributed by atoms with E-state index in [2.05, 4.69) is 20.5 Å². The van der Waals surface area contributed by atoms with Gasteiger partial charge in [0.2, 0.25) is 0 Å². The van der Waals surface area contributed by atoms with Crippen molar-refractivity contribution in [2.24, 2.45) is 0 Å². The molecule has 0 spiro atoms. The molecule has 1 saturated heterocycles. The number of morpholine rings is 1. The maximum absolute atomic E-state index is 11.8. The number of carbonyl (C=O) groups excluding carboxylic acids is 1. The van der Waals surface area contributed by atoms with Crippen LogP contribution in [0.1, 0.15) is 11.3 Å². The molecule has 6 heteroatoms. The van der Waals surface area contributed by atoms with Crippen LogP contribution in [0, 0.1) is 13.8 Å². The van der Waals surface area contributed by atoms with E-state index in [1.54, 1.807) is 0 Å². The molecule has 0 bridgehead atoms. The van der Waals surface area contributed by atoms with Gasteiger partial charge in [0.05, 0.1) is 13.2 Å². The first-order valence-electron chi connectivity index (χ1n) is 6.94. The average molecular weight is 278 g/mol. The monoisotopic (exact) mass is 278 g/mol. The highest BCUT2D eigenvalue weighted by Gasteiger charge is 2.10. The van der Waals surface area contributed by atoms with Crippen molar-refractivity contribution >= 4 is 11.8 Å². The fourth-order valence-corrected chi connectivity index (χ4v) is 2.22. The molecule has 110 valence electrons. The molecule has 2 amide bonds. The fraction of sp³-hybridized carbons (Fsp3) is 0.571. The van der Waals surface area contributed by atoms with Crippen LogP contribution in [0.4, 0.5) is 10.6 Å². The maximum atomic E-state index is 11.8. The lowest BCUT2D eigenvalue weighted by molar-refractivity contribution is 0.0388. The number of anilines is 1. The molecule has 0 atom stereocenters. The van der Waals surface area contributed by atoms with Crippen LogP contribution < -0.4 is 10.6 Å². The van der Waals surface area contributed by atoms with Crippen LogP contribution >= 0.6 is 0 Å². The van der Waals surface area contributed by atoms with Crippen molar-refractivity contribution < 1.29 is 9.53 Å². The number of amides is 2. The smallest absolute Gasteiger partial charge is 0.320 e. The summed E-state index contributed by atoms with van der Waals surface area (Å²) in [6.45, 7) is 8.78. The standard InChI is InChI=1S/C14H22N4O2/c1-11-9-12(2)16-13(10-11)17-14(19)15-3-4-18-5-7-20-8-6-18/h9-10H,3-8H2,1-2H3,(H2,15,16,17,19). The molecular formula is C14H22N4O2. The van der Waals surface area contributed by atoms with Crippen LogP contribution in [-0.4, -0.2) is 55.3 Å². The van der Waals surface area contributed by atoms with Crippen LogP contribution in [0.25, 0.3) is 0 Å². The number of aromatic nitrogens is 1. The van der Waals surface area contributed by atoms with Gasteiger partial charge in [-0.25, -0.2) is 9.78 Å². The van der Waals surface area contributed by atoms with Crippen LogP contribution in [0.15, 0.2) is 12.1 Å². The lowest BCUT2D eigenvalue weighted by atomic mass is 10.2. The summed E-state index contributed by atoms with van der Waals surface area (Å²) in [6.07, 6.45) is 0. The Balaban J connectivity index is 1.72. The maximum Gasteiger partial charge on any atom is 0.320 e. The van der Waals surface area contributed by atoms with Crippen molar-refractivity contribution in [2.45, 2.75) is 13.8 Å². The summed E-state index contributed by atoms with van der Waals surface area (Å²) in [6, 6.07) is 3.62. The molecule has 1 aromatic rings. The summed E-state index contributed by atoms with van der Waals surface area (Å²) < 4.78 is 5.28. The molecule has 6 nitrogen and oxygen atoms in total. The molecule has 0 aromatic carbocycles. The second-order valence-electron chi connectivity index (χ2n) is 5.01. The van der Waals surface area contributed by atoms with Crippen molar-refractivity contribution in [1.82, 2.24) is 15.2 Å². The van der Waals surface area contributed by atoms with Crippen molar-refractivity contribution in [3.63, 3.8) is 0 Å². The highest BCUT2D eigenvalue weighted by atomic mass is 16.5. The number of urea groups is 1. The van der Waals surface area contributed by atoms with Crippen LogP contribution in [0.2, 0.25) is 0 Å². The van der Waals surface area contributed by atoms with Crippen LogP contribution in [0.3, 0.4) is 0 Å². The lowest BCUT2D eigenvalue weighted by Gasteiger charge is -2.26. The van der Waals surface area contributed by atoms with Gasteiger partial charge < -0.3 is 10.1 Å². The quantitative estimate of drug-likeness (QED) is 0.867. The van der Waals surface area contributed by atoms with Crippen molar-refractivity contribution in [2.75, 3.05) is 44.7 Å². The zero-order valence-electron chi connectivity index (χ0n) is 12.1. The van der Waals surface area contributed by atoms with Gasteiger partial charge >= 0.3 is 6.03 Å². The summed E-state index contributed by atoms with van der Waals surface area (Å²) in [5, 5.41) is 5.60. The average Bonchev–Trinajstić information content (AvgIpc) is 2.38. The topological polar surface area (TPSA) is 66.5 Å². The molecule has 2 N–H and O–H groups in total. The molecular weight excluding hydrogens is 256 g/mol. The Bertz CT molecular complexity index is 438. The van der Waals surface area contributed by atoms with E-state index in [4.69, 9.17) is 4.74 Å². The molecule has 0 radical (unpaired) electrons. The number of ether oxygens (including phenoxy) is 1. The number of rotatable bonds is 4. The summed E-state index contributed by atoms with van der Waals surface area (Å²) >= 11 is 0. The number of carbonyl (C=O) groups is 1. The largest absolute Gasteiger partial charge is 0.379 e. The van der Waals surface area contributed by atoms with E-state index in [1.165, 1.54) is 0 Å². The van der Waals surface area contributed by atoms with Gasteiger partial charge in [-0.3, -0.25) is 10.2 Å². The second-order valence-corrected chi connectivity index (χ2v) is 5.01. The predicted octanol–water partition coefficient (Wildman–Crippen LogP) is 1.15. The minimum Gasteiger partial charge on any atom is -0.379 e. The van der Waals surface area contributed by atoms with Gasteiger partial charge in [-0.05, 0) is 31.5 Å². The Kier molecular flexibility index (Phi) is 5.31. The Hall–Kier alpha value is -1.66. The third-order valence-electron chi connectivity index (χ3n) is 3.16. The van der Waals surface area contributed by atoms with E-state index >= 15 is 0 Å². The van der Waals surface area contributed by atoms with E-state index in [0.717, 1.165) is 44.1 Å². The first kappa shape index (κ1) is 14.7. The van der Waals surface area contributed by atoms with Gasteiger partial charge in [0.1, 0.15) is 5.82 Å². The van der Waals surface area contributed by atoms with E-state index in [1.807, 2.05) is 26.0 Å². The van der Waals surface area contributed by atoms with E-state index in [0.29, 0.717) is 12.4 Å². The SMILES string of the molecule is Cc1cc(C)nc(NC(=O)NCCN2CCOCC2)c1. The number of hydrogen-bond acceptors (Lipinski definition) is 4. The second kappa shape index (κ2) is 7.21. The van der Waals surface area contributed by atoms with Crippen molar-refractivity contribution in [3.8, 4) is 0 Å². The first-order chi connectivity index (χ1) is 9.63. The Labute approximate surface area is 119 Å². The van der Waals surface area contributed by atoms with E-state index < -0.39 is 0 Å². The summed E-state index contributed by atoms with van der Waals surface area (Å²) in [7, 11) is 0. The van der Waals surface area contributed by atoms with Gasteiger partial charge in [-0.2, -0.15) is 0 Å². The Morgan fingerprint density at radius 2 is 2.10 bits per heavy atom. The third-order valence-corrected chi connectivity index (χ3v) is 3.16. The number of nitrogens with zero attached hydrogens (tertiary/aromatic N) is 2. The minimum absolute atomic E-state index is 0.212. The fourth-order valence-electron chi connectivity index (χ4n) is 2.22. The molecule has 1 aliphatic rings. The highest BCUT2D eigenvalue weighted by Crippen LogP contribution is 2.08. The summed E-state index contributed by atoms with van der Waals surface area (Å²) in [4.78, 5) is 18.3. The number of nitrogens with one attached hydrogen (secondary N) is 2. The molecule has 2 heterocycles. The third kappa shape index (κ3) is 4.79. The zero-order valence-corrected chi connectivity index (χ0v) is 12.1. The normalized spacial score (nSPS) is 15.9. The first-order valence-corrected chi connectivity index (χ1v) is 6.94. The number of pyridine rings is 1. The summed E-state index contributed by atoms with van der Waals surface area (Å²) in [5.74, 6) is 0.589. The molecule has 1 aromatic heterocycles. The lowest BCUT2D eigenvalue weighted by Crippen LogP contribution is -2.42. The van der Waals surface area contributed by atoms with Gasteiger partial charge in [-0.15, -0.1) is 0 Å². The van der Waals surface area contributed by atoms with Gasteiger partial charge in [-0.1, -0.05) is 0 Å². The molecule has 2 rings (SSSR count). The van der Waals surface area contributed by atoms with Gasteiger partial charge in [0.25, 0.3) is 0 Å². The van der Waals surface area contributed by atoms with E-state index in [9.17, 15) is 4.79 Å². The van der Waals surface area contributed by atoms with E-state index in [-0.39, 0.29) is 6.03 Å². The Morgan fingerprint density at radius 3 is 2.80 bits per heavy atom. The molecule has 20 heavy (non-hydrogen) atoms. The predicted molar refractivity (Wildman–Crippen MR) is 78.0 cm³/mol. The van der Waals surface area contributed by atoms with Crippen LogP contribution in [0.5, 0.6) is 0 Å². The zero-order chi connectivity index (χ0) is 14.4. The number of aryl methyl sites for hydroxylation is 2. The molecule has 1 fully saturated rings.